The van der Waals surface area contributed by atoms with E-state index in [1.807, 2.05) is 20.8 Å². The summed E-state index contributed by atoms with van der Waals surface area (Å²) in [5, 5.41) is 12.4. The lowest BCUT2D eigenvalue weighted by atomic mass is 9.95. The second-order valence-corrected chi connectivity index (χ2v) is 9.11. The van der Waals surface area contributed by atoms with Crippen molar-refractivity contribution in [2.24, 2.45) is 5.92 Å². The number of alkyl carbamates (subject to hydrolysis) is 1. The number of nitrogens with two attached hydrogens (primary N) is 1. The Labute approximate surface area is 167 Å². The van der Waals surface area contributed by atoms with Crippen LogP contribution in [0.4, 0.5) is 10.5 Å². The summed E-state index contributed by atoms with van der Waals surface area (Å²) in [7, 11) is 0. The predicted octanol–water partition coefficient (Wildman–Crippen LogP) is 3.78. The van der Waals surface area contributed by atoms with Crippen molar-refractivity contribution in [3.8, 4) is 5.75 Å². The van der Waals surface area contributed by atoms with E-state index in [0.29, 0.717) is 12.8 Å². The number of benzene rings is 1. The third-order valence-electron chi connectivity index (χ3n) is 3.74. The number of ether oxygens (including phenoxy) is 2. The summed E-state index contributed by atoms with van der Waals surface area (Å²) in [6.45, 7) is 12.6. The molecule has 0 saturated carbocycles. The first-order chi connectivity index (χ1) is 12.7. The van der Waals surface area contributed by atoms with Crippen molar-refractivity contribution in [1.29, 1.82) is 0 Å². The van der Waals surface area contributed by atoms with Crippen molar-refractivity contribution >= 4 is 17.7 Å². The van der Waals surface area contributed by atoms with Crippen LogP contribution in [0.1, 0.15) is 60.5 Å². The number of amides is 1. The van der Waals surface area contributed by atoms with Gasteiger partial charge in [-0.1, -0.05) is 13.0 Å². The van der Waals surface area contributed by atoms with Crippen molar-refractivity contribution in [3.63, 3.8) is 0 Å². The van der Waals surface area contributed by atoms with Gasteiger partial charge in [-0.05, 0) is 72.1 Å². The highest BCUT2D eigenvalue weighted by Crippen LogP contribution is 2.23. The molecule has 1 aromatic carbocycles. The Balaban J connectivity index is 2.91. The average molecular weight is 395 g/mol. The molecular formula is C21H34N2O5. The van der Waals surface area contributed by atoms with Crippen LogP contribution in [0.3, 0.4) is 0 Å². The minimum Gasteiger partial charge on any atom is -0.506 e. The number of hydrogen-bond acceptors (Lipinski definition) is 6. The molecule has 0 saturated heterocycles. The number of anilines is 1. The number of nitrogen functional groups attached to an aromatic ring is 1. The van der Waals surface area contributed by atoms with Crippen molar-refractivity contribution in [2.75, 3.05) is 5.73 Å². The topological polar surface area (TPSA) is 111 Å². The Kier molecular flexibility index (Phi) is 7.73. The van der Waals surface area contributed by atoms with E-state index in [2.05, 4.69) is 5.32 Å². The van der Waals surface area contributed by atoms with E-state index >= 15 is 0 Å². The molecule has 0 aliphatic carbocycles. The summed E-state index contributed by atoms with van der Waals surface area (Å²) in [4.78, 5) is 24.6. The number of phenols is 1. The van der Waals surface area contributed by atoms with E-state index in [0.717, 1.165) is 5.56 Å². The van der Waals surface area contributed by atoms with Crippen LogP contribution in [0.15, 0.2) is 18.2 Å². The molecule has 0 heterocycles. The van der Waals surface area contributed by atoms with Gasteiger partial charge < -0.3 is 25.6 Å². The highest BCUT2D eigenvalue weighted by molar-refractivity contribution is 5.73. The summed E-state index contributed by atoms with van der Waals surface area (Å²) < 4.78 is 10.8. The van der Waals surface area contributed by atoms with Crippen LogP contribution in [-0.2, 0) is 20.7 Å². The molecule has 1 aromatic rings. The summed E-state index contributed by atoms with van der Waals surface area (Å²) in [6, 6.07) is 4.51. The molecule has 0 aromatic heterocycles. The number of phenolic OH excluding ortho intramolecular Hbond substituents is 1. The SMILES string of the molecule is CC(CC(Cc1ccc(O)c(N)c1)NC(=O)OC(C)(C)C)C(=O)OC(C)(C)C. The maximum Gasteiger partial charge on any atom is 0.407 e. The van der Waals surface area contributed by atoms with Crippen LogP contribution in [0.25, 0.3) is 0 Å². The molecule has 2 unspecified atom stereocenters. The van der Waals surface area contributed by atoms with Gasteiger partial charge in [0, 0.05) is 6.04 Å². The second-order valence-electron chi connectivity index (χ2n) is 9.11. The number of nitrogens with one attached hydrogen (secondary N) is 1. The molecule has 0 bridgehead atoms. The van der Waals surface area contributed by atoms with Gasteiger partial charge >= 0.3 is 12.1 Å². The molecule has 0 radical (unpaired) electrons. The third kappa shape index (κ3) is 8.97. The molecule has 1 rings (SSSR count). The van der Waals surface area contributed by atoms with Crippen LogP contribution < -0.4 is 11.1 Å². The normalized spacial score (nSPS) is 14.1. The fourth-order valence-electron chi connectivity index (χ4n) is 2.61. The highest BCUT2D eigenvalue weighted by Gasteiger charge is 2.27. The number of esters is 1. The van der Waals surface area contributed by atoms with Gasteiger partial charge in [-0.15, -0.1) is 0 Å². The van der Waals surface area contributed by atoms with Crippen molar-refractivity contribution in [3.05, 3.63) is 23.8 Å². The largest absolute Gasteiger partial charge is 0.506 e. The molecule has 7 heteroatoms. The van der Waals surface area contributed by atoms with Crippen LogP contribution >= 0.6 is 0 Å². The van der Waals surface area contributed by atoms with Crippen LogP contribution in [0, 0.1) is 5.92 Å². The van der Waals surface area contributed by atoms with Gasteiger partial charge in [0.2, 0.25) is 0 Å². The van der Waals surface area contributed by atoms with E-state index in [1.165, 1.54) is 6.07 Å². The minimum atomic E-state index is -0.631. The molecule has 0 aliphatic heterocycles. The quantitative estimate of drug-likeness (QED) is 0.385. The fourth-order valence-corrected chi connectivity index (χ4v) is 2.61. The first-order valence-electron chi connectivity index (χ1n) is 9.46. The average Bonchev–Trinajstić information content (AvgIpc) is 2.47. The number of aromatic hydroxyl groups is 1. The zero-order chi connectivity index (χ0) is 21.7. The van der Waals surface area contributed by atoms with Gasteiger partial charge in [0.15, 0.2) is 0 Å². The highest BCUT2D eigenvalue weighted by atomic mass is 16.6. The van der Waals surface area contributed by atoms with E-state index in [4.69, 9.17) is 15.2 Å². The van der Waals surface area contributed by atoms with Gasteiger partial charge in [0.25, 0.3) is 0 Å². The van der Waals surface area contributed by atoms with Crippen molar-refractivity contribution in [2.45, 2.75) is 78.6 Å². The maximum absolute atomic E-state index is 12.3. The van der Waals surface area contributed by atoms with E-state index in [1.54, 1.807) is 39.8 Å². The third-order valence-corrected chi connectivity index (χ3v) is 3.74. The van der Waals surface area contributed by atoms with Crippen LogP contribution in [-0.4, -0.2) is 34.4 Å². The summed E-state index contributed by atoms with van der Waals surface area (Å²) in [6.07, 6.45) is 0.242. The molecule has 28 heavy (non-hydrogen) atoms. The molecule has 0 spiro atoms. The molecule has 7 nitrogen and oxygen atoms in total. The number of carbonyl (C=O) groups excluding carboxylic acids is 2. The summed E-state index contributed by atoms with van der Waals surface area (Å²) in [5.74, 6) is -0.746. The van der Waals surface area contributed by atoms with Gasteiger partial charge in [0.1, 0.15) is 17.0 Å². The minimum absolute atomic E-state index is 0.00234. The smallest absolute Gasteiger partial charge is 0.407 e. The molecule has 1 amide bonds. The zero-order valence-corrected chi connectivity index (χ0v) is 18.0. The lowest BCUT2D eigenvalue weighted by Crippen LogP contribution is -2.42. The molecule has 2 atom stereocenters. The maximum atomic E-state index is 12.3. The van der Waals surface area contributed by atoms with Crippen LogP contribution in [0.5, 0.6) is 5.75 Å². The van der Waals surface area contributed by atoms with E-state index in [9.17, 15) is 14.7 Å². The molecule has 4 N–H and O–H groups in total. The molecule has 0 fully saturated rings. The zero-order valence-electron chi connectivity index (χ0n) is 18.0. The summed E-state index contributed by atoms with van der Waals surface area (Å²) >= 11 is 0. The number of hydrogen-bond donors (Lipinski definition) is 3. The first-order valence-corrected chi connectivity index (χ1v) is 9.46. The number of rotatable bonds is 6. The van der Waals surface area contributed by atoms with Crippen LogP contribution in [0.2, 0.25) is 0 Å². The standard InChI is InChI=1S/C21H34N2O5/c1-13(18(25)27-20(2,3)4)10-15(23-19(26)28-21(5,6)7)11-14-8-9-17(24)16(22)12-14/h8-9,12-13,15,24H,10-11,22H2,1-7H3,(H,23,26). The van der Waals surface area contributed by atoms with Crippen molar-refractivity contribution < 1.29 is 24.2 Å². The molecular weight excluding hydrogens is 360 g/mol. The second kappa shape index (κ2) is 9.17. The first kappa shape index (κ1) is 23.6. The lowest BCUT2D eigenvalue weighted by molar-refractivity contribution is -0.159. The van der Waals surface area contributed by atoms with Gasteiger partial charge in [-0.2, -0.15) is 0 Å². The Hall–Kier alpha value is -2.44. The van der Waals surface area contributed by atoms with E-state index in [-0.39, 0.29) is 23.4 Å². The monoisotopic (exact) mass is 394 g/mol. The fraction of sp³-hybridized carbons (Fsp3) is 0.619. The molecule has 0 aliphatic rings. The summed E-state index contributed by atoms with van der Waals surface area (Å²) in [5.41, 5.74) is 5.64. The Morgan fingerprint density at radius 3 is 2.18 bits per heavy atom. The predicted molar refractivity (Wildman–Crippen MR) is 109 cm³/mol. The Morgan fingerprint density at radius 1 is 1.11 bits per heavy atom. The van der Waals surface area contributed by atoms with E-state index < -0.39 is 23.2 Å². The molecule has 158 valence electrons. The Bertz CT molecular complexity index is 689. The Morgan fingerprint density at radius 2 is 1.68 bits per heavy atom. The van der Waals surface area contributed by atoms with Gasteiger partial charge in [-0.3, -0.25) is 4.79 Å². The van der Waals surface area contributed by atoms with Gasteiger partial charge in [-0.25, -0.2) is 4.79 Å². The van der Waals surface area contributed by atoms with Gasteiger partial charge in [0.05, 0.1) is 11.6 Å². The lowest BCUT2D eigenvalue weighted by Gasteiger charge is -2.27. The van der Waals surface area contributed by atoms with Crippen molar-refractivity contribution in [1.82, 2.24) is 5.32 Å². The number of carbonyl (C=O) groups is 2.